The fourth-order valence-electron chi connectivity index (χ4n) is 5.24. The molecule has 0 N–H and O–H groups in total. The highest BCUT2D eigenvalue weighted by Crippen LogP contribution is 2.42. The predicted molar refractivity (Wildman–Crippen MR) is 211 cm³/mol. The quantitative estimate of drug-likeness (QED) is 0.0928. The molecule has 51 heavy (non-hydrogen) atoms. The second-order valence-corrected chi connectivity index (χ2v) is 16.1. The van der Waals surface area contributed by atoms with Crippen molar-refractivity contribution in [1.29, 1.82) is 10.5 Å². The molecule has 268 valence electrons. The van der Waals surface area contributed by atoms with E-state index in [2.05, 4.69) is 38.4 Å². The number of alkyl halides is 3. The van der Waals surface area contributed by atoms with Crippen LogP contribution < -0.4 is 9.21 Å². The average Bonchev–Trinajstić information content (AvgIpc) is 3.37. The van der Waals surface area contributed by atoms with E-state index in [-0.39, 0.29) is 17.3 Å². The van der Waals surface area contributed by atoms with Crippen LogP contribution in [0.2, 0.25) is 0 Å². The minimum atomic E-state index is -3.83. The normalized spacial score (nSPS) is 14.3. The highest BCUT2D eigenvalue weighted by Gasteiger charge is 2.41. The SMILES string of the molecule is C=CC#N.N#CCCl.O=C1N(c2ccccc2)c2ccccc2S(=O)(=O)N1CCCCBr.O=S1(=O)c2cccc3cccc(c23)N1CCCCBr. The Balaban J connectivity index is 0.000000231. The molecular weight excluding hydrogens is 842 g/mol. The largest absolute Gasteiger partial charge is 0.343 e. The number of carbonyl (C=O) groups is 1. The second kappa shape index (κ2) is 20.2. The van der Waals surface area contributed by atoms with E-state index in [9.17, 15) is 21.6 Å². The number of nitrogens with zero attached hydrogens (tertiary/aromatic N) is 5. The number of hydrogen-bond acceptors (Lipinski definition) is 7. The number of unbranched alkanes of at least 4 members (excludes halogenated alkanes) is 2. The predicted octanol–water partition coefficient (Wildman–Crippen LogP) is 9.09. The summed E-state index contributed by atoms with van der Waals surface area (Å²) < 4.78 is 53.4. The van der Waals surface area contributed by atoms with E-state index in [1.807, 2.05) is 42.5 Å². The molecule has 0 radical (unpaired) electrons. The smallest absolute Gasteiger partial charge is 0.266 e. The Morgan fingerprint density at radius 2 is 1.20 bits per heavy atom. The van der Waals surface area contributed by atoms with Crippen LogP contribution >= 0.6 is 43.5 Å². The van der Waals surface area contributed by atoms with E-state index in [0.717, 1.165) is 50.7 Å². The lowest BCUT2D eigenvalue weighted by atomic mass is 10.1. The molecule has 2 heterocycles. The summed E-state index contributed by atoms with van der Waals surface area (Å²) in [5, 5.41) is 18.5. The monoisotopic (exact) mass is 875 g/mol. The maximum Gasteiger partial charge on any atom is 0.343 e. The molecule has 0 bridgehead atoms. The summed E-state index contributed by atoms with van der Waals surface area (Å²) in [6, 6.07) is 29.8. The molecule has 0 saturated heterocycles. The topological polar surface area (TPSA) is 143 Å². The van der Waals surface area contributed by atoms with E-state index in [4.69, 9.17) is 22.1 Å². The molecule has 0 fully saturated rings. The number of rotatable bonds is 9. The minimum absolute atomic E-state index is 0.0972. The molecule has 6 rings (SSSR count). The van der Waals surface area contributed by atoms with Gasteiger partial charge in [-0.15, -0.1) is 11.6 Å². The third-order valence-corrected chi connectivity index (χ3v) is 12.3. The van der Waals surface area contributed by atoms with Crippen molar-refractivity contribution in [3.05, 3.63) is 104 Å². The Hall–Kier alpha value is -3.92. The molecule has 0 spiro atoms. The highest BCUT2D eigenvalue weighted by atomic mass is 79.9. The molecule has 2 aliphatic rings. The molecule has 10 nitrogen and oxygen atoms in total. The molecule has 0 aromatic heterocycles. The summed E-state index contributed by atoms with van der Waals surface area (Å²) in [7, 11) is -7.19. The molecule has 0 atom stereocenters. The van der Waals surface area contributed by atoms with E-state index in [1.54, 1.807) is 65.0 Å². The van der Waals surface area contributed by atoms with Crippen LogP contribution in [0, 0.1) is 22.7 Å². The van der Waals surface area contributed by atoms with Crippen LogP contribution in [0.3, 0.4) is 0 Å². The van der Waals surface area contributed by atoms with Crippen molar-refractivity contribution in [3.8, 4) is 12.1 Å². The van der Waals surface area contributed by atoms with Gasteiger partial charge in [0.2, 0.25) is 0 Å². The molecular formula is C36H36Br2ClN5O5S2. The lowest BCUT2D eigenvalue weighted by Gasteiger charge is -2.36. The first kappa shape index (κ1) is 41.5. The van der Waals surface area contributed by atoms with Gasteiger partial charge in [-0.25, -0.2) is 25.9 Å². The Morgan fingerprint density at radius 3 is 1.76 bits per heavy atom. The summed E-state index contributed by atoms with van der Waals surface area (Å²) in [5.41, 5.74) is 1.86. The van der Waals surface area contributed by atoms with Gasteiger partial charge in [-0.3, -0.25) is 9.21 Å². The maximum absolute atomic E-state index is 13.0. The van der Waals surface area contributed by atoms with Crippen molar-refractivity contribution in [2.45, 2.75) is 35.5 Å². The van der Waals surface area contributed by atoms with E-state index >= 15 is 0 Å². The molecule has 2 aliphatic heterocycles. The molecule has 0 aliphatic carbocycles. The van der Waals surface area contributed by atoms with Crippen LogP contribution in [-0.2, 0) is 20.0 Å². The fourth-order valence-corrected chi connectivity index (χ4v) is 9.35. The maximum atomic E-state index is 13.0. The van der Waals surface area contributed by atoms with E-state index < -0.39 is 26.1 Å². The Labute approximate surface area is 321 Å². The van der Waals surface area contributed by atoms with Crippen LogP contribution in [0.4, 0.5) is 21.9 Å². The molecule has 0 saturated carbocycles. The van der Waals surface area contributed by atoms with Crippen molar-refractivity contribution < 1.29 is 21.6 Å². The number of anilines is 3. The number of nitriles is 2. The molecule has 15 heteroatoms. The molecule has 2 amide bonds. The van der Waals surface area contributed by atoms with Gasteiger partial charge in [0.25, 0.3) is 20.0 Å². The van der Waals surface area contributed by atoms with Crippen LogP contribution in [0.1, 0.15) is 25.7 Å². The van der Waals surface area contributed by atoms with Crippen molar-refractivity contribution in [3.63, 3.8) is 0 Å². The Morgan fingerprint density at radius 1 is 0.706 bits per heavy atom. The van der Waals surface area contributed by atoms with Crippen molar-refractivity contribution in [2.75, 3.05) is 38.8 Å². The first-order valence-corrected chi connectivity index (χ1v) is 21.3. The van der Waals surface area contributed by atoms with Gasteiger partial charge < -0.3 is 0 Å². The standard InChI is InChI=1S/C17H17BrN2O3S.C14H14BrNO2S.C3H3N.C2H2ClN/c18-12-6-7-13-19-17(21)20(14-8-2-1-3-9-14)15-10-4-5-11-16(15)24(19,22)23;15-9-1-2-10-16-12-7-3-5-11-6-4-8-13(14(11)12)19(16,17)18;1-2-3-4;3-1-2-4/h1-5,8-11H,6-7,12-13H2;3-8H,1-2,9-10H2;2H,1H2;1H2. The van der Waals surface area contributed by atoms with Gasteiger partial charge in [0.1, 0.15) is 10.8 Å². The van der Waals surface area contributed by atoms with Crippen LogP contribution in [0.25, 0.3) is 10.8 Å². The van der Waals surface area contributed by atoms with Crippen molar-refractivity contribution in [2.24, 2.45) is 0 Å². The van der Waals surface area contributed by atoms with Gasteiger partial charge in [0.05, 0.1) is 34.1 Å². The van der Waals surface area contributed by atoms with Crippen LogP contribution in [0.5, 0.6) is 0 Å². The number of amides is 2. The number of urea groups is 1. The summed E-state index contributed by atoms with van der Waals surface area (Å²) >= 11 is 11.5. The molecule has 0 unspecified atom stereocenters. The summed E-state index contributed by atoms with van der Waals surface area (Å²) in [4.78, 5) is 15.0. The van der Waals surface area contributed by atoms with Crippen LogP contribution in [0.15, 0.2) is 113 Å². The highest BCUT2D eigenvalue weighted by molar-refractivity contribution is 9.09. The zero-order valence-electron chi connectivity index (χ0n) is 27.5. The molecule has 4 aromatic rings. The number of para-hydroxylation sites is 2. The number of carbonyl (C=O) groups excluding carboxylic acids is 1. The van der Waals surface area contributed by atoms with E-state index in [1.165, 1.54) is 11.0 Å². The first-order valence-electron chi connectivity index (χ1n) is 15.7. The number of fused-ring (bicyclic) bond motifs is 1. The van der Waals surface area contributed by atoms with Gasteiger partial charge in [-0.2, -0.15) is 10.5 Å². The lowest BCUT2D eigenvalue weighted by molar-refractivity contribution is 0.230. The summed E-state index contributed by atoms with van der Waals surface area (Å²) in [6.45, 7) is 3.83. The number of allylic oxidation sites excluding steroid dienone is 1. The van der Waals surface area contributed by atoms with Gasteiger partial charge in [0.15, 0.2) is 0 Å². The fraction of sp³-hybridized carbons (Fsp3) is 0.250. The lowest BCUT2D eigenvalue weighted by Crippen LogP contribution is -2.49. The first-order chi connectivity index (χ1) is 24.6. The van der Waals surface area contributed by atoms with Gasteiger partial charge in [0, 0.05) is 35.2 Å². The molecule has 4 aromatic carbocycles. The summed E-state index contributed by atoms with van der Waals surface area (Å²) in [5.74, 6) is 0.0972. The third kappa shape index (κ3) is 9.90. The minimum Gasteiger partial charge on any atom is -0.266 e. The zero-order chi connectivity index (χ0) is 37.4. The van der Waals surface area contributed by atoms with Crippen molar-refractivity contribution in [1.82, 2.24) is 4.31 Å². The zero-order valence-corrected chi connectivity index (χ0v) is 33.1. The van der Waals surface area contributed by atoms with E-state index in [0.29, 0.717) is 29.2 Å². The third-order valence-electron chi connectivity index (χ3n) is 7.42. The second-order valence-electron chi connectivity index (χ2n) is 10.6. The number of hydrogen-bond donors (Lipinski definition) is 0. The summed E-state index contributed by atoms with van der Waals surface area (Å²) in [6.07, 6.45) is 4.42. The Bertz CT molecular complexity index is 2100. The number of benzene rings is 4. The van der Waals surface area contributed by atoms with Gasteiger partial charge in [-0.05, 0) is 67.5 Å². The van der Waals surface area contributed by atoms with Crippen molar-refractivity contribution >= 4 is 97.4 Å². The Kier molecular flexibility index (Phi) is 16.4. The number of halogens is 3. The van der Waals surface area contributed by atoms with Gasteiger partial charge >= 0.3 is 6.03 Å². The van der Waals surface area contributed by atoms with Crippen LogP contribution in [-0.4, -0.2) is 56.8 Å². The average molecular weight is 878 g/mol. The number of sulfonamides is 2. The van der Waals surface area contributed by atoms with Gasteiger partial charge in [-0.1, -0.05) is 93.0 Å².